The molecule has 0 aromatic carbocycles. The van der Waals surface area contributed by atoms with Crippen LogP contribution in [0.5, 0.6) is 0 Å². The average molecular weight is 860 g/mol. The number of hydrogen-bond donors (Lipinski definition) is 0. The summed E-state index contributed by atoms with van der Waals surface area (Å²) in [6.07, 6.45) is 49.5. The maximum absolute atomic E-state index is 5.28. The third-order valence-corrected chi connectivity index (χ3v) is 11.7. The minimum atomic E-state index is 0. The molecule has 0 N–H and O–H groups in total. The molecule has 2 nitrogen and oxygen atoms in total. The molecule has 0 aliphatic heterocycles. The standard InChI is InChI=1S/2C23H47NS2.Ni/c2*1-3-5-7-9-11-13-15-17-19-21-24(23(25)26)22-20-18-16-14-12-10-8-6-4-2;/h2*3-22H2,1-2H3,(H,25,26);/q;;+2/p-2. The summed E-state index contributed by atoms with van der Waals surface area (Å²) in [4.78, 5) is 4.54. The van der Waals surface area contributed by atoms with Crippen LogP contribution in [0.4, 0.5) is 0 Å². The molecule has 0 saturated carbocycles. The number of unbranched alkanes of at least 4 members (excludes halogenated alkanes) is 32. The zero-order valence-corrected chi connectivity index (χ0v) is 40.4. The maximum atomic E-state index is 5.28. The SMILES string of the molecule is CCCCCCCCCCCN(CCCCCCCCCCC)C(=S)[S-].CCCCCCCCCCCN(CCCCCCCCCCC)C(=S)[S-].[Ni+2]. The zero-order chi connectivity index (χ0) is 38.6. The molecule has 0 aromatic heterocycles. The van der Waals surface area contributed by atoms with Crippen LogP contribution in [-0.4, -0.2) is 44.6 Å². The molecule has 53 heavy (non-hydrogen) atoms. The normalized spacial score (nSPS) is 10.8. The first kappa shape index (κ1) is 58.0. The van der Waals surface area contributed by atoms with Gasteiger partial charge in [-0.1, -0.05) is 242 Å². The van der Waals surface area contributed by atoms with E-state index in [1.54, 1.807) is 0 Å². The smallest absolute Gasteiger partial charge is 0.411 e. The van der Waals surface area contributed by atoms with Crippen molar-refractivity contribution in [2.45, 2.75) is 259 Å². The topological polar surface area (TPSA) is 6.48 Å². The number of hydrogen-bond acceptors (Lipinski definition) is 4. The minimum absolute atomic E-state index is 0. The van der Waals surface area contributed by atoms with Crippen LogP contribution in [0, 0.1) is 0 Å². The van der Waals surface area contributed by atoms with Gasteiger partial charge < -0.3 is 59.5 Å². The second-order valence-electron chi connectivity index (χ2n) is 15.8. The summed E-state index contributed by atoms with van der Waals surface area (Å²) in [5, 5.41) is 0. The first-order valence-corrected chi connectivity index (χ1v) is 25.0. The average Bonchev–Trinajstić information content (AvgIpc) is 3.13. The molecule has 0 amide bonds. The predicted octanol–water partition coefficient (Wildman–Crippen LogP) is 16.4. The molecule has 320 valence electrons. The summed E-state index contributed by atoms with van der Waals surface area (Å²) >= 11 is 21.1. The van der Waals surface area contributed by atoms with Crippen LogP contribution in [0.3, 0.4) is 0 Å². The molecule has 0 atom stereocenters. The Morgan fingerprint density at radius 3 is 0.547 bits per heavy atom. The molecule has 0 unspecified atom stereocenters. The van der Waals surface area contributed by atoms with Crippen LogP contribution in [0.25, 0.3) is 0 Å². The Labute approximate surface area is 367 Å². The van der Waals surface area contributed by atoms with Gasteiger partial charge in [0.05, 0.1) is 0 Å². The minimum Gasteiger partial charge on any atom is -0.411 e. The molecule has 0 aliphatic carbocycles. The van der Waals surface area contributed by atoms with Crippen molar-refractivity contribution in [2.24, 2.45) is 0 Å². The van der Waals surface area contributed by atoms with E-state index in [0.29, 0.717) is 8.64 Å². The molecule has 0 aromatic rings. The second-order valence-corrected chi connectivity index (χ2v) is 17.9. The summed E-state index contributed by atoms with van der Waals surface area (Å²) in [6.45, 7) is 13.4. The van der Waals surface area contributed by atoms with E-state index in [2.05, 4.69) is 37.5 Å². The fourth-order valence-corrected chi connectivity index (χ4v) is 7.77. The first-order valence-electron chi connectivity index (χ1n) is 23.4. The van der Waals surface area contributed by atoms with Crippen molar-refractivity contribution in [3.05, 3.63) is 0 Å². The fourth-order valence-electron chi connectivity index (χ4n) is 7.04. The van der Waals surface area contributed by atoms with Gasteiger partial charge in [-0.2, -0.15) is 0 Å². The Kier molecular flexibility index (Phi) is 55.6. The number of thiocarbonyl (C=S) groups is 2. The third-order valence-electron chi connectivity index (χ3n) is 10.6. The van der Waals surface area contributed by atoms with Crippen LogP contribution < -0.4 is 0 Å². The van der Waals surface area contributed by atoms with Crippen LogP contribution in [0.2, 0.25) is 0 Å². The Morgan fingerprint density at radius 1 is 0.283 bits per heavy atom. The largest absolute Gasteiger partial charge is 2.00 e. The van der Waals surface area contributed by atoms with E-state index in [9.17, 15) is 0 Å². The van der Waals surface area contributed by atoms with Gasteiger partial charge in [-0.3, -0.25) is 0 Å². The van der Waals surface area contributed by atoms with Gasteiger partial charge in [0, 0.05) is 26.2 Å². The van der Waals surface area contributed by atoms with Crippen molar-refractivity contribution in [3.63, 3.8) is 0 Å². The van der Waals surface area contributed by atoms with Crippen molar-refractivity contribution in [1.82, 2.24) is 9.80 Å². The Balaban J connectivity index is -0.000000926. The van der Waals surface area contributed by atoms with Crippen LogP contribution in [0.1, 0.15) is 259 Å². The molecule has 0 radical (unpaired) electrons. The van der Waals surface area contributed by atoms with Gasteiger partial charge in [0.15, 0.2) is 0 Å². The van der Waals surface area contributed by atoms with Gasteiger partial charge in [0.1, 0.15) is 0 Å². The maximum Gasteiger partial charge on any atom is 2.00 e. The molecular formula is C46H92N2NiS4. The molecular weight excluding hydrogens is 767 g/mol. The second kappa shape index (κ2) is 50.7. The summed E-state index contributed by atoms with van der Waals surface area (Å²) in [5.74, 6) is 0. The van der Waals surface area contributed by atoms with Crippen molar-refractivity contribution in [1.29, 1.82) is 0 Å². The van der Waals surface area contributed by atoms with Crippen LogP contribution in [0.15, 0.2) is 0 Å². The van der Waals surface area contributed by atoms with E-state index in [-0.39, 0.29) is 16.5 Å². The third kappa shape index (κ3) is 48.8. The molecule has 0 rings (SSSR count). The van der Waals surface area contributed by atoms with E-state index in [0.717, 1.165) is 26.2 Å². The molecule has 0 heterocycles. The van der Waals surface area contributed by atoms with Gasteiger partial charge >= 0.3 is 16.5 Å². The quantitative estimate of drug-likeness (QED) is 0.0260. The number of nitrogens with zero attached hydrogens (tertiary/aromatic N) is 2. The van der Waals surface area contributed by atoms with Crippen molar-refractivity contribution in [3.8, 4) is 0 Å². The van der Waals surface area contributed by atoms with Crippen LogP contribution in [-0.2, 0) is 41.7 Å². The Morgan fingerprint density at radius 2 is 0.415 bits per heavy atom. The van der Waals surface area contributed by atoms with Crippen molar-refractivity contribution < 1.29 is 16.5 Å². The molecule has 0 bridgehead atoms. The van der Waals surface area contributed by atoms with Gasteiger partial charge in [-0.05, 0) is 25.7 Å². The summed E-state index contributed by atoms with van der Waals surface area (Å²) in [6, 6.07) is 0. The van der Waals surface area contributed by atoms with E-state index in [4.69, 9.17) is 49.7 Å². The van der Waals surface area contributed by atoms with Gasteiger partial charge in [0.2, 0.25) is 0 Å². The molecule has 0 spiro atoms. The van der Waals surface area contributed by atoms with E-state index >= 15 is 0 Å². The van der Waals surface area contributed by atoms with E-state index < -0.39 is 0 Å². The van der Waals surface area contributed by atoms with Crippen LogP contribution >= 0.6 is 24.4 Å². The molecule has 0 aliphatic rings. The van der Waals surface area contributed by atoms with Gasteiger partial charge in [0.25, 0.3) is 0 Å². The first-order chi connectivity index (χ1) is 25.4. The fraction of sp³-hybridized carbons (Fsp3) is 0.957. The van der Waals surface area contributed by atoms with E-state index in [1.165, 1.54) is 231 Å². The molecule has 0 fully saturated rings. The molecule has 0 saturated heterocycles. The van der Waals surface area contributed by atoms with Gasteiger partial charge in [-0.15, -0.1) is 0 Å². The number of rotatable bonds is 40. The van der Waals surface area contributed by atoms with Crippen molar-refractivity contribution in [2.75, 3.05) is 26.2 Å². The van der Waals surface area contributed by atoms with Crippen molar-refractivity contribution >= 4 is 58.3 Å². The molecule has 7 heteroatoms. The van der Waals surface area contributed by atoms with Gasteiger partial charge in [-0.25, -0.2) is 0 Å². The summed E-state index contributed by atoms with van der Waals surface area (Å²) in [5.41, 5.74) is 0. The predicted molar refractivity (Wildman–Crippen MR) is 252 cm³/mol. The van der Waals surface area contributed by atoms with E-state index in [1.807, 2.05) is 0 Å². The summed E-state index contributed by atoms with van der Waals surface area (Å²) < 4.78 is 1.37. The zero-order valence-electron chi connectivity index (χ0n) is 36.1. The monoisotopic (exact) mass is 859 g/mol. The Hall–Kier alpha value is 0.714. The summed E-state index contributed by atoms with van der Waals surface area (Å²) in [7, 11) is 0. The Bertz CT molecular complexity index is 609.